The number of hydrogen-bond donors (Lipinski definition) is 0. The molecule has 1 fully saturated rings. The molecule has 1 aliphatic carbocycles. The molecular weight excluding hydrogens is 431 g/mol. The van der Waals surface area contributed by atoms with Gasteiger partial charge in [-0.15, -0.1) is 0 Å². The van der Waals surface area contributed by atoms with Gasteiger partial charge in [-0.25, -0.2) is 4.98 Å². The van der Waals surface area contributed by atoms with Gasteiger partial charge in [0.2, 0.25) is 0 Å². The third-order valence-corrected chi connectivity index (χ3v) is 8.54. The van der Waals surface area contributed by atoms with E-state index < -0.39 is 0 Å². The summed E-state index contributed by atoms with van der Waals surface area (Å²) in [4.78, 5) is 4.43. The second-order valence-electron chi connectivity index (χ2n) is 9.98. The molecule has 0 aliphatic heterocycles. The van der Waals surface area contributed by atoms with Gasteiger partial charge >= 0.3 is 0 Å². The van der Waals surface area contributed by atoms with Crippen LogP contribution in [0.15, 0.2) is 42.7 Å². The first-order valence-corrected chi connectivity index (χ1v) is 15.1. The maximum Gasteiger partial charge on any atom is 0.108 e. The quantitative estimate of drug-likeness (QED) is 0.210. The number of imidazole rings is 1. The van der Waals surface area contributed by atoms with Crippen molar-refractivity contribution in [3.63, 3.8) is 0 Å². The Bertz CT molecular complexity index is 959. The molecule has 1 aromatic heterocycles. The van der Waals surface area contributed by atoms with E-state index in [2.05, 4.69) is 92.3 Å². The number of allylic oxidation sites excluding steroid dienone is 1. The fourth-order valence-electron chi connectivity index (χ4n) is 5.42. The Balaban J connectivity index is 1.53. The molecule has 5 unspecified atom stereocenters. The normalized spacial score (nSPS) is 21.0. The van der Waals surface area contributed by atoms with Crippen molar-refractivity contribution in [2.24, 2.45) is 23.7 Å². The van der Waals surface area contributed by atoms with Gasteiger partial charge in [0.1, 0.15) is 5.82 Å². The lowest BCUT2D eigenvalue weighted by Gasteiger charge is -2.08. The minimum atomic E-state index is 0.620. The smallest absolute Gasteiger partial charge is 0.108 e. The van der Waals surface area contributed by atoms with E-state index in [-0.39, 0.29) is 0 Å². The number of aromatic nitrogens is 2. The molecule has 1 heterocycles. The average molecular weight is 477 g/mol. The summed E-state index contributed by atoms with van der Waals surface area (Å²) in [5.41, 5.74) is 2.50. The van der Waals surface area contributed by atoms with E-state index in [0.29, 0.717) is 5.92 Å². The molecule has 34 heavy (non-hydrogen) atoms. The van der Waals surface area contributed by atoms with Crippen molar-refractivity contribution in [3.05, 3.63) is 59.7 Å². The Morgan fingerprint density at radius 1 is 1.15 bits per heavy atom. The summed E-state index contributed by atoms with van der Waals surface area (Å²) in [7, 11) is 0.793. The Morgan fingerprint density at radius 2 is 1.94 bits per heavy atom. The highest BCUT2D eigenvalue weighted by Gasteiger charge is 2.46. The zero-order valence-electron chi connectivity index (χ0n) is 22.1. The molecule has 3 heteroatoms. The average Bonchev–Trinajstić information content (AvgIpc) is 3.32. The molecule has 1 aliphatic rings. The van der Waals surface area contributed by atoms with Gasteiger partial charge in [-0.05, 0) is 60.3 Å². The van der Waals surface area contributed by atoms with Crippen LogP contribution in [0.4, 0.5) is 0 Å². The first-order valence-electron chi connectivity index (χ1n) is 13.6. The first-order chi connectivity index (χ1) is 16.6. The molecule has 0 spiro atoms. The van der Waals surface area contributed by atoms with E-state index in [1.54, 1.807) is 0 Å². The van der Waals surface area contributed by atoms with E-state index in [9.17, 15) is 0 Å². The highest BCUT2D eigenvalue weighted by atomic mass is 31.1. The predicted molar refractivity (Wildman–Crippen MR) is 150 cm³/mol. The van der Waals surface area contributed by atoms with Gasteiger partial charge in [0.15, 0.2) is 0 Å². The van der Waals surface area contributed by atoms with Gasteiger partial charge in [0, 0.05) is 36.8 Å². The van der Waals surface area contributed by atoms with Crippen molar-refractivity contribution in [2.75, 3.05) is 6.66 Å². The molecule has 2 nitrogen and oxygen atoms in total. The number of rotatable bonds is 13. The molecule has 2 aromatic rings. The van der Waals surface area contributed by atoms with Crippen LogP contribution in [0.25, 0.3) is 5.31 Å². The van der Waals surface area contributed by atoms with Gasteiger partial charge < -0.3 is 4.57 Å². The van der Waals surface area contributed by atoms with E-state index in [1.807, 2.05) is 6.20 Å². The van der Waals surface area contributed by atoms with Crippen molar-refractivity contribution in [3.8, 4) is 11.8 Å². The minimum absolute atomic E-state index is 0.620. The van der Waals surface area contributed by atoms with Crippen molar-refractivity contribution < 1.29 is 0 Å². The number of nitrogens with zero attached hydrogens (tertiary/aromatic N) is 2. The molecule has 3 rings (SSSR count). The number of benzene rings is 1. The number of aryl methyl sites for hydroxylation is 2. The zero-order chi connectivity index (χ0) is 24.3. The Morgan fingerprint density at radius 3 is 2.62 bits per heavy atom. The maximum atomic E-state index is 4.43. The Kier molecular flexibility index (Phi) is 10.9. The third-order valence-electron chi connectivity index (χ3n) is 7.50. The predicted octanol–water partition coefficient (Wildman–Crippen LogP) is 8.42. The summed E-state index contributed by atoms with van der Waals surface area (Å²) < 4.78 is 2.27. The van der Waals surface area contributed by atoms with Crippen molar-refractivity contribution in [2.45, 2.75) is 85.6 Å². The van der Waals surface area contributed by atoms with Crippen LogP contribution in [-0.2, 0) is 13.0 Å². The van der Waals surface area contributed by atoms with E-state index in [1.165, 1.54) is 55.2 Å². The summed E-state index contributed by atoms with van der Waals surface area (Å²) >= 11 is 0. The largest absolute Gasteiger partial charge is 0.335 e. The van der Waals surface area contributed by atoms with Crippen LogP contribution >= 0.6 is 8.58 Å². The van der Waals surface area contributed by atoms with Crippen LogP contribution < -0.4 is 0 Å². The van der Waals surface area contributed by atoms with Gasteiger partial charge in [-0.2, -0.15) is 0 Å². The highest BCUT2D eigenvalue weighted by molar-refractivity contribution is 7.49. The van der Waals surface area contributed by atoms with E-state index >= 15 is 0 Å². The van der Waals surface area contributed by atoms with Crippen LogP contribution in [0.5, 0.6) is 0 Å². The van der Waals surface area contributed by atoms with Crippen LogP contribution in [0.1, 0.15) is 89.6 Å². The standard InChI is InChI=1S/C31H45N2P/c1-6-11-24(4)12-9-13-28-27(7-2)29(28)20-17-25-15-18-26(19-16-25)30(34-5)14-10-22-33-23-21-32-31(33)8-3/h14-16,18-19,21,23-24,27-29,34H,6-13,22H2,1-5H3/b30-14-. The molecule has 0 radical (unpaired) electrons. The summed E-state index contributed by atoms with van der Waals surface area (Å²) in [5, 5.41) is 1.45. The molecule has 184 valence electrons. The van der Waals surface area contributed by atoms with Crippen molar-refractivity contribution >= 4 is 13.9 Å². The molecular formula is C31H45N2P. The first kappa shape index (κ1) is 26.8. The van der Waals surface area contributed by atoms with Crippen LogP contribution in [0.2, 0.25) is 0 Å². The van der Waals surface area contributed by atoms with Crippen molar-refractivity contribution in [1.82, 2.24) is 9.55 Å². The SMILES string of the molecule is CCCC(C)CCCC1C(C#Cc2ccc(/C(=C/CCn3ccnc3CC)PC)cc2)C1CC. The fourth-order valence-corrected chi connectivity index (χ4v) is 6.22. The van der Waals surface area contributed by atoms with Gasteiger partial charge in [-0.3, -0.25) is 0 Å². The lowest BCUT2D eigenvalue weighted by molar-refractivity contribution is 0.445. The maximum absolute atomic E-state index is 4.43. The topological polar surface area (TPSA) is 17.8 Å². The molecule has 0 amide bonds. The van der Waals surface area contributed by atoms with Crippen molar-refractivity contribution in [1.29, 1.82) is 0 Å². The second-order valence-corrected chi connectivity index (χ2v) is 11.0. The molecule has 0 N–H and O–H groups in total. The number of hydrogen-bond acceptors (Lipinski definition) is 1. The molecule has 0 saturated heterocycles. The second kappa shape index (κ2) is 13.9. The molecule has 1 saturated carbocycles. The highest BCUT2D eigenvalue weighted by Crippen LogP contribution is 2.51. The Hall–Kier alpha value is -1.84. The summed E-state index contributed by atoms with van der Waals surface area (Å²) in [5.74, 6) is 11.5. The lowest BCUT2D eigenvalue weighted by atomic mass is 9.98. The molecule has 0 bridgehead atoms. The third kappa shape index (κ3) is 7.58. The fraction of sp³-hybridized carbons (Fsp3) is 0.581. The van der Waals surface area contributed by atoms with Gasteiger partial charge in [0.05, 0.1) is 0 Å². The molecule has 1 aromatic carbocycles. The van der Waals surface area contributed by atoms with E-state index in [0.717, 1.165) is 51.3 Å². The monoisotopic (exact) mass is 476 g/mol. The van der Waals surface area contributed by atoms with Crippen LogP contribution in [-0.4, -0.2) is 16.2 Å². The van der Waals surface area contributed by atoms with Gasteiger partial charge in [0.25, 0.3) is 0 Å². The van der Waals surface area contributed by atoms with Gasteiger partial charge in [-0.1, -0.05) is 98.4 Å². The minimum Gasteiger partial charge on any atom is -0.335 e. The van der Waals surface area contributed by atoms with E-state index in [4.69, 9.17) is 0 Å². The van der Waals surface area contributed by atoms with Crippen LogP contribution in [0.3, 0.4) is 0 Å². The lowest BCUT2D eigenvalue weighted by Crippen LogP contribution is -2.01. The summed E-state index contributed by atoms with van der Waals surface area (Å²) in [6.45, 7) is 12.5. The summed E-state index contributed by atoms with van der Waals surface area (Å²) in [6, 6.07) is 8.95. The van der Waals surface area contributed by atoms with Crippen LogP contribution in [0, 0.1) is 35.5 Å². The Labute approximate surface area is 210 Å². The zero-order valence-corrected chi connectivity index (χ0v) is 23.1. The summed E-state index contributed by atoms with van der Waals surface area (Å²) in [6.07, 6.45) is 16.5. The molecule has 5 atom stereocenters.